The standard InChI is InChI=1S/C17H23N3O3S/c1-6-7-23-16-14(21-4)8-13(9-15(16)22-5)10-18-20-17-19-11(2)12(3)24-17/h8-10H,6-7H2,1-5H3,(H,19,20)/b18-10-. The summed E-state index contributed by atoms with van der Waals surface area (Å²) in [6.45, 7) is 6.66. The van der Waals surface area contributed by atoms with Crippen molar-refractivity contribution in [2.24, 2.45) is 5.10 Å². The van der Waals surface area contributed by atoms with E-state index in [1.165, 1.54) is 4.88 Å². The highest BCUT2D eigenvalue weighted by Crippen LogP contribution is 2.38. The van der Waals surface area contributed by atoms with Crippen LogP contribution in [0.5, 0.6) is 17.2 Å². The van der Waals surface area contributed by atoms with E-state index < -0.39 is 0 Å². The largest absolute Gasteiger partial charge is 0.493 e. The number of thiazole rings is 1. The van der Waals surface area contributed by atoms with E-state index in [1.54, 1.807) is 31.8 Å². The molecular formula is C17H23N3O3S. The summed E-state index contributed by atoms with van der Waals surface area (Å²) in [7, 11) is 3.21. The van der Waals surface area contributed by atoms with Crippen molar-refractivity contribution in [3.63, 3.8) is 0 Å². The first kappa shape index (κ1) is 18.1. The van der Waals surface area contributed by atoms with Crippen LogP contribution in [0, 0.1) is 13.8 Å². The van der Waals surface area contributed by atoms with E-state index >= 15 is 0 Å². The summed E-state index contributed by atoms with van der Waals surface area (Å²) in [5, 5.41) is 5.00. The fourth-order valence-corrected chi connectivity index (χ4v) is 2.77. The number of aromatic nitrogens is 1. The molecule has 24 heavy (non-hydrogen) atoms. The number of benzene rings is 1. The molecule has 1 aromatic heterocycles. The maximum Gasteiger partial charge on any atom is 0.203 e. The maximum absolute atomic E-state index is 5.73. The van der Waals surface area contributed by atoms with Crippen LogP contribution in [0.4, 0.5) is 5.13 Å². The number of ether oxygens (including phenoxy) is 3. The molecule has 6 nitrogen and oxygen atoms in total. The van der Waals surface area contributed by atoms with E-state index in [0.717, 1.165) is 22.8 Å². The number of nitrogens with one attached hydrogen (secondary N) is 1. The second-order valence-corrected chi connectivity index (χ2v) is 6.34. The molecule has 2 aromatic rings. The highest BCUT2D eigenvalue weighted by Gasteiger charge is 2.13. The lowest BCUT2D eigenvalue weighted by Gasteiger charge is -2.14. The third-order valence-corrected chi connectivity index (χ3v) is 4.31. The molecule has 0 saturated heterocycles. The first-order valence-corrected chi connectivity index (χ1v) is 8.52. The highest BCUT2D eigenvalue weighted by molar-refractivity contribution is 7.15. The highest BCUT2D eigenvalue weighted by atomic mass is 32.1. The average Bonchev–Trinajstić information content (AvgIpc) is 2.90. The Hall–Kier alpha value is -2.28. The lowest BCUT2D eigenvalue weighted by atomic mass is 10.2. The Labute approximate surface area is 146 Å². The Morgan fingerprint density at radius 1 is 1.21 bits per heavy atom. The van der Waals surface area contributed by atoms with Gasteiger partial charge in [0.2, 0.25) is 10.9 Å². The minimum atomic E-state index is 0.602. The summed E-state index contributed by atoms with van der Waals surface area (Å²) >= 11 is 1.57. The molecule has 1 N–H and O–H groups in total. The molecule has 0 radical (unpaired) electrons. The Bertz CT molecular complexity index is 669. The van der Waals surface area contributed by atoms with Crippen LogP contribution in [0.25, 0.3) is 0 Å². The van der Waals surface area contributed by atoms with Crippen LogP contribution in [-0.4, -0.2) is 32.0 Å². The number of hydrogen-bond acceptors (Lipinski definition) is 7. The van der Waals surface area contributed by atoms with Crippen LogP contribution in [0.15, 0.2) is 17.2 Å². The molecule has 0 spiro atoms. The number of rotatable bonds is 8. The molecule has 0 unspecified atom stereocenters. The van der Waals surface area contributed by atoms with E-state index in [4.69, 9.17) is 14.2 Å². The number of anilines is 1. The van der Waals surface area contributed by atoms with Gasteiger partial charge in [0.1, 0.15) is 0 Å². The van der Waals surface area contributed by atoms with E-state index in [0.29, 0.717) is 23.9 Å². The quantitative estimate of drug-likeness (QED) is 0.576. The molecule has 1 aromatic carbocycles. The van der Waals surface area contributed by atoms with Crippen molar-refractivity contribution in [2.75, 3.05) is 26.3 Å². The van der Waals surface area contributed by atoms with Gasteiger partial charge >= 0.3 is 0 Å². The topological polar surface area (TPSA) is 65.0 Å². The van der Waals surface area contributed by atoms with Gasteiger partial charge in [-0.3, -0.25) is 5.43 Å². The number of methoxy groups -OCH3 is 2. The molecule has 0 atom stereocenters. The average molecular weight is 349 g/mol. The summed E-state index contributed by atoms with van der Waals surface area (Å²) in [5.41, 5.74) is 4.79. The number of aryl methyl sites for hydroxylation is 2. The van der Waals surface area contributed by atoms with Gasteiger partial charge in [-0.05, 0) is 32.4 Å². The zero-order valence-corrected chi connectivity index (χ0v) is 15.5. The zero-order valence-electron chi connectivity index (χ0n) is 14.7. The summed E-state index contributed by atoms with van der Waals surface area (Å²) in [5.74, 6) is 1.84. The first-order chi connectivity index (χ1) is 11.6. The molecule has 0 bridgehead atoms. The van der Waals surface area contributed by atoms with Crippen LogP contribution in [0.2, 0.25) is 0 Å². The lowest BCUT2D eigenvalue weighted by Crippen LogP contribution is -2.01. The molecule has 0 aliphatic heterocycles. The summed E-state index contributed by atoms with van der Waals surface area (Å²) in [4.78, 5) is 5.56. The van der Waals surface area contributed by atoms with E-state index in [1.807, 2.05) is 32.9 Å². The van der Waals surface area contributed by atoms with Crippen LogP contribution >= 0.6 is 11.3 Å². The van der Waals surface area contributed by atoms with E-state index in [9.17, 15) is 0 Å². The molecule has 0 aliphatic rings. The minimum absolute atomic E-state index is 0.602. The Balaban J connectivity index is 2.18. The molecule has 0 amide bonds. The van der Waals surface area contributed by atoms with Crippen molar-refractivity contribution in [1.29, 1.82) is 0 Å². The fraction of sp³-hybridized carbons (Fsp3) is 0.412. The second-order valence-electron chi connectivity index (χ2n) is 5.13. The molecule has 2 rings (SSSR count). The molecule has 0 aliphatic carbocycles. The Morgan fingerprint density at radius 3 is 2.38 bits per heavy atom. The van der Waals surface area contributed by atoms with Gasteiger partial charge in [0.25, 0.3) is 0 Å². The summed E-state index contributed by atoms with van der Waals surface area (Å²) in [6.07, 6.45) is 2.60. The van der Waals surface area contributed by atoms with Crippen molar-refractivity contribution in [3.05, 3.63) is 28.3 Å². The second kappa shape index (κ2) is 8.54. The molecule has 1 heterocycles. The third-order valence-electron chi connectivity index (χ3n) is 3.34. The van der Waals surface area contributed by atoms with Crippen molar-refractivity contribution >= 4 is 22.7 Å². The van der Waals surface area contributed by atoms with Gasteiger partial charge < -0.3 is 14.2 Å². The number of hydrazone groups is 1. The molecule has 0 fully saturated rings. The maximum atomic E-state index is 5.73. The van der Waals surface area contributed by atoms with Crippen molar-refractivity contribution in [3.8, 4) is 17.2 Å². The summed E-state index contributed by atoms with van der Waals surface area (Å²) in [6, 6.07) is 3.72. The molecule has 7 heteroatoms. The molecule has 130 valence electrons. The minimum Gasteiger partial charge on any atom is -0.493 e. The van der Waals surface area contributed by atoms with Gasteiger partial charge in [-0.15, -0.1) is 11.3 Å². The smallest absolute Gasteiger partial charge is 0.203 e. The predicted molar refractivity (Wildman–Crippen MR) is 98.1 cm³/mol. The molecule has 0 saturated carbocycles. The monoisotopic (exact) mass is 349 g/mol. The fourth-order valence-electron chi connectivity index (χ4n) is 2.00. The van der Waals surface area contributed by atoms with Crippen LogP contribution in [0.1, 0.15) is 29.5 Å². The van der Waals surface area contributed by atoms with Crippen LogP contribution in [0.3, 0.4) is 0 Å². The number of nitrogens with zero attached hydrogens (tertiary/aromatic N) is 2. The number of hydrogen-bond donors (Lipinski definition) is 1. The normalized spacial score (nSPS) is 10.9. The van der Waals surface area contributed by atoms with Gasteiger partial charge in [-0.1, -0.05) is 6.92 Å². The van der Waals surface area contributed by atoms with Crippen molar-refractivity contribution < 1.29 is 14.2 Å². The predicted octanol–water partition coefficient (Wildman–Crippen LogP) is 4.01. The van der Waals surface area contributed by atoms with Gasteiger partial charge in [0.15, 0.2) is 11.5 Å². The zero-order chi connectivity index (χ0) is 17.5. The molecular weight excluding hydrogens is 326 g/mol. The van der Waals surface area contributed by atoms with Crippen molar-refractivity contribution in [1.82, 2.24) is 4.98 Å². The van der Waals surface area contributed by atoms with Gasteiger partial charge in [-0.25, -0.2) is 4.98 Å². The van der Waals surface area contributed by atoms with Gasteiger partial charge in [-0.2, -0.15) is 5.10 Å². The summed E-state index contributed by atoms with van der Waals surface area (Å²) < 4.78 is 16.5. The lowest BCUT2D eigenvalue weighted by molar-refractivity contribution is 0.275. The van der Waals surface area contributed by atoms with Crippen LogP contribution in [-0.2, 0) is 0 Å². The van der Waals surface area contributed by atoms with Gasteiger partial charge in [0, 0.05) is 10.4 Å². The van der Waals surface area contributed by atoms with E-state index in [2.05, 4.69) is 15.5 Å². The SMILES string of the molecule is CCCOc1c(OC)cc(/C=N\Nc2nc(C)c(C)s2)cc1OC. The Morgan fingerprint density at radius 2 is 1.88 bits per heavy atom. The Kier molecular flexibility index (Phi) is 6.43. The van der Waals surface area contributed by atoms with Crippen LogP contribution < -0.4 is 19.6 Å². The van der Waals surface area contributed by atoms with E-state index in [-0.39, 0.29) is 0 Å². The third kappa shape index (κ3) is 4.38. The van der Waals surface area contributed by atoms with Gasteiger partial charge in [0.05, 0.1) is 32.7 Å². The van der Waals surface area contributed by atoms with Crippen molar-refractivity contribution in [2.45, 2.75) is 27.2 Å². The first-order valence-electron chi connectivity index (χ1n) is 7.71.